The van der Waals surface area contributed by atoms with E-state index in [9.17, 15) is 9.18 Å². The van der Waals surface area contributed by atoms with Gasteiger partial charge in [-0.05, 0) is 49.7 Å². The van der Waals surface area contributed by atoms with Crippen molar-refractivity contribution < 1.29 is 18.7 Å². The Labute approximate surface area is 135 Å². The van der Waals surface area contributed by atoms with Gasteiger partial charge < -0.3 is 14.8 Å². The Kier molecular flexibility index (Phi) is 5.57. The minimum Gasteiger partial charge on any atom is -0.496 e. The summed E-state index contributed by atoms with van der Waals surface area (Å²) in [5.41, 5.74) is 1.09. The van der Waals surface area contributed by atoms with Gasteiger partial charge in [-0.25, -0.2) is 4.39 Å². The van der Waals surface area contributed by atoms with Gasteiger partial charge in [-0.2, -0.15) is 0 Å². The molecule has 0 radical (unpaired) electrons. The van der Waals surface area contributed by atoms with E-state index in [1.807, 2.05) is 38.1 Å². The zero-order valence-corrected chi connectivity index (χ0v) is 13.4. The number of rotatable bonds is 6. The fraction of sp³-hybridized carbons (Fsp3) is 0.278. The Bertz CT molecular complexity index is 668. The topological polar surface area (TPSA) is 47.6 Å². The van der Waals surface area contributed by atoms with Crippen LogP contribution in [0.2, 0.25) is 0 Å². The van der Waals surface area contributed by atoms with Crippen LogP contribution in [0.4, 0.5) is 4.39 Å². The van der Waals surface area contributed by atoms with E-state index < -0.39 is 5.82 Å². The molecule has 23 heavy (non-hydrogen) atoms. The molecule has 0 bridgehead atoms. The monoisotopic (exact) mass is 317 g/mol. The van der Waals surface area contributed by atoms with E-state index in [1.165, 1.54) is 19.2 Å². The van der Waals surface area contributed by atoms with Gasteiger partial charge in [-0.3, -0.25) is 4.79 Å². The van der Waals surface area contributed by atoms with Crippen molar-refractivity contribution in [1.82, 2.24) is 5.32 Å². The molecular weight excluding hydrogens is 297 g/mol. The van der Waals surface area contributed by atoms with Crippen LogP contribution in [0.5, 0.6) is 11.5 Å². The first-order chi connectivity index (χ1) is 11.0. The lowest BCUT2D eigenvalue weighted by atomic mass is 10.1. The number of halogens is 1. The molecule has 0 heterocycles. The van der Waals surface area contributed by atoms with Crippen molar-refractivity contribution in [2.45, 2.75) is 26.5 Å². The van der Waals surface area contributed by atoms with Gasteiger partial charge in [0.05, 0.1) is 18.8 Å². The van der Waals surface area contributed by atoms with Crippen LogP contribution in [0, 0.1) is 5.82 Å². The lowest BCUT2D eigenvalue weighted by molar-refractivity contribution is 0.0947. The normalized spacial score (nSPS) is 10.5. The number of amides is 1. The predicted molar refractivity (Wildman–Crippen MR) is 86.3 cm³/mol. The maximum atomic E-state index is 13.3. The molecule has 4 nitrogen and oxygen atoms in total. The number of benzene rings is 2. The van der Waals surface area contributed by atoms with Gasteiger partial charge in [0.25, 0.3) is 5.91 Å². The molecule has 122 valence electrons. The summed E-state index contributed by atoms with van der Waals surface area (Å²) in [5, 5.41) is 2.75. The summed E-state index contributed by atoms with van der Waals surface area (Å²) in [6, 6.07) is 11.3. The van der Waals surface area contributed by atoms with Gasteiger partial charge in [0, 0.05) is 6.54 Å². The number of nitrogens with one attached hydrogen (secondary N) is 1. The zero-order valence-electron chi connectivity index (χ0n) is 13.4. The van der Waals surface area contributed by atoms with Gasteiger partial charge in [0.1, 0.15) is 17.3 Å². The van der Waals surface area contributed by atoms with Gasteiger partial charge in [0.15, 0.2) is 0 Å². The standard InChI is InChI=1S/C18H20FNO3/c1-12(2)23-15-7-4-13(5-8-15)11-20-18(21)16-10-14(19)6-9-17(16)22-3/h4-10,12H,11H2,1-3H3,(H,20,21). The number of carbonyl (C=O) groups is 1. The van der Waals surface area contributed by atoms with Crippen LogP contribution in [-0.4, -0.2) is 19.1 Å². The van der Waals surface area contributed by atoms with E-state index in [0.29, 0.717) is 12.3 Å². The molecule has 0 saturated heterocycles. The summed E-state index contributed by atoms with van der Waals surface area (Å²) in [6.45, 7) is 4.25. The van der Waals surface area contributed by atoms with Crippen LogP contribution < -0.4 is 14.8 Å². The fourth-order valence-electron chi connectivity index (χ4n) is 2.09. The highest BCUT2D eigenvalue weighted by molar-refractivity contribution is 5.96. The van der Waals surface area contributed by atoms with Crippen LogP contribution >= 0.6 is 0 Å². The van der Waals surface area contributed by atoms with Crippen LogP contribution in [0.3, 0.4) is 0 Å². The van der Waals surface area contributed by atoms with E-state index in [0.717, 1.165) is 17.4 Å². The summed E-state index contributed by atoms with van der Waals surface area (Å²) in [7, 11) is 1.44. The van der Waals surface area contributed by atoms with Crippen molar-refractivity contribution in [3.05, 3.63) is 59.4 Å². The highest BCUT2D eigenvalue weighted by Crippen LogP contribution is 2.19. The van der Waals surface area contributed by atoms with E-state index in [-0.39, 0.29) is 17.6 Å². The zero-order chi connectivity index (χ0) is 16.8. The third-order valence-electron chi connectivity index (χ3n) is 3.15. The van der Waals surface area contributed by atoms with Crippen LogP contribution in [0.25, 0.3) is 0 Å². The Morgan fingerprint density at radius 2 is 1.87 bits per heavy atom. The molecule has 5 heteroatoms. The molecule has 0 spiro atoms. The average molecular weight is 317 g/mol. The maximum Gasteiger partial charge on any atom is 0.255 e. The summed E-state index contributed by atoms with van der Waals surface area (Å²) in [5.74, 6) is 0.251. The number of ether oxygens (including phenoxy) is 2. The van der Waals surface area contributed by atoms with Crippen LogP contribution in [0.15, 0.2) is 42.5 Å². The number of carbonyl (C=O) groups excluding carboxylic acids is 1. The predicted octanol–water partition coefficient (Wildman–Crippen LogP) is 3.55. The average Bonchev–Trinajstić information content (AvgIpc) is 2.53. The lowest BCUT2D eigenvalue weighted by Crippen LogP contribution is -2.23. The minimum absolute atomic E-state index is 0.112. The molecule has 2 aromatic carbocycles. The molecule has 0 fully saturated rings. The second kappa shape index (κ2) is 7.63. The molecule has 0 aliphatic rings. The summed E-state index contributed by atoms with van der Waals surface area (Å²) in [6.07, 6.45) is 0.112. The van der Waals surface area contributed by atoms with Gasteiger partial charge in [0.2, 0.25) is 0 Å². The molecular formula is C18H20FNO3. The summed E-state index contributed by atoms with van der Waals surface area (Å²) in [4.78, 5) is 12.2. The number of methoxy groups -OCH3 is 1. The van der Waals surface area contributed by atoms with Gasteiger partial charge in [-0.15, -0.1) is 0 Å². The Morgan fingerprint density at radius 1 is 1.17 bits per heavy atom. The molecule has 2 rings (SSSR count). The smallest absolute Gasteiger partial charge is 0.255 e. The summed E-state index contributed by atoms with van der Waals surface area (Å²) >= 11 is 0. The van der Waals surface area contributed by atoms with Crippen LogP contribution in [-0.2, 0) is 6.54 Å². The maximum absolute atomic E-state index is 13.3. The molecule has 0 aliphatic carbocycles. The first-order valence-electron chi connectivity index (χ1n) is 7.37. The SMILES string of the molecule is COc1ccc(F)cc1C(=O)NCc1ccc(OC(C)C)cc1. The highest BCUT2D eigenvalue weighted by Gasteiger charge is 2.13. The molecule has 2 aromatic rings. The number of hydrogen-bond donors (Lipinski definition) is 1. The molecule has 0 saturated carbocycles. The number of hydrogen-bond acceptors (Lipinski definition) is 3. The van der Waals surface area contributed by atoms with Crippen molar-refractivity contribution >= 4 is 5.91 Å². The quantitative estimate of drug-likeness (QED) is 0.886. The molecule has 1 N–H and O–H groups in total. The third-order valence-corrected chi connectivity index (χ3v) is 3.15. The Hall–Kier alpha value is -2.56. The Balaban J connectivity index is 2.00. The van der Waals surface area contributed by atoms with E-state index in [4.69, 9.17) is 9.47 Å². The van der Waals surface area contributed by atoms with Gasteiger partial charge >= 0.3 is 0 Å². The van der Waals surface area contributed by atoms with Crippen molar-refractivity contribution in [2.75, 3.05) is 7.11 Å². The molecule has 1 amide bonds. The van der Waals surface area contributed by atoms with E-state index in [1.54, 1.807) is 0 Å². The summed E-state index contributed by atoms with van der Waals surface area (Å²) < 4.78 is 24.0. The molecule has 0 aromatic heterocycles. The lowest BCUT2D eigenvalue weighted by Gasteiger charge is -2.11. The van der Waals surface area contributed by atoms with E-state index >= 15 is 0 Å². The first kappa shape index (κ1) is 16.8. The highest BCUT2D eigenvalue weighted by atomic mass is 19.1. The largest absolute Gasteiger partial charge is 0.496 e. The Morgan fingerprint density at radius 3 is 2.48 bits per heavy atom. The molecule has 0 aliphatic heterocycles. The van der Waals surface area contributed by atoms with Gasteiger partial charge in [-0.1, -0.05) is 12.1 Å². The molecule has 0 unspecified atom stereocenters. The third kappa shape index (κ3) is 4.71. The molecule has 0 atom stereocenters. The second-order valence-electron chi connectivity index (χ2n) is 5.34. The van der Waals surface area contributed by atoms with Crippen LogP contribution in [0.1, 0.15) is 29.8 Å². The fourth-order valence-corrected chi connectivity index (χ4v) is 2.09. The minimum atomic E-state index is -0.480. The van der Waals surface area contributed by atoms with E-state index in [2.05, 4.69) is 5.32 Å². The van der Waals surface area contributed by atoms with Crippen molar-refractivity contribution in [2.24, 2.45) is 0 Å². The van der Waals surface area contributed by atoms with Crippen molar-refractivity contribution in [3.8, 4) is 11.5 Å². The second-order valence-corrected chi connectivity index (χ2v) is 5.34. The first-order valence-corrected chi connectivity index (χ1v) is 7.37. The van der Waals surface area contributed by atoms with Crippen molar-refractivity contribution in [1.29, 1.82) is 0 Å². The van der Waals surface area contributed by atoms with Crippen molar-refractivity contribution in [3.63, 3.8) is 0 Å².